The average Bonchev–Trinajstić information content (AvgIpc) is 2.41. The van der Waals surface area contributed by atoms with Gasteiger partial charge < -0.3 is 15.3 Å². The third-order valence-electron chi connectivity index (χ3n) is 3.60. The quantitative estimate of drug-likeness (QED) is 0.894. The topological polar surface area (TPSA) is 52.6 Å². The van der Waals surface area contributed by atoms with E-state index >= 15 is 0 Å². The summed E-state index contributed by atoms with van der Waals surface area (Å²) in [6, 6.07) is 5.62. The Hall–Kier alpha value is -1.62. The normalized spacial score (nSPS) is 20.6. The predicted molar refractivity (Wildman–Crippen MR) is 76.1 cm³/mol. The van der Waals surface area contributed by atoms with Gasteiger partial charge in [0.1, 0.15) is 5.82 Å². The minimum Gasteiger partial charge on any atom is -0.393 e. The van der Waals surface area contributed by atoms with Crippen molar-refractivity contribution in [1.29, 1.82) is 0 Å². The summed E-state index contributed by atoms with van der Waals surface area (Å²) in [5, 5.41) is 12.3. The molecule has 0 aromatic heterocycles. The smallest absolute Gasteiger partial charge is 0.322 e. The molecule has 1 fully saturated rings. The van der Waals surface area contributed by atoms with Gasteiger partial charge in [-0.05, 0) is 56.9 Å². The van der Waals surface area contributed by atoms with Crippen molar-refractivity contribution >= 4 is 11.7 Å². The predicted octanol–water partition coefficient (Wildman–Crippen LogP) is 2.98. The highest BCUT2D eigenvalue weighted by molar-refractivity contribution is 5.89. The first-order valence-corrected chi connectivity index (χ1v) is 7.07. The lowest BCUT2D eigenvalue weighted by Crippen LogP contribution is -2.47. The number of urea groups is 1. The van der Waals surface area contributed by atoms with E-state index in [1.165, 1.54) is 12.1 Å². The van der Waals surface area contributed by atoms with Crippen LogP contribution in [-0.4, -0.2) is 34.7 Å². The van der Waals surface area contributed by atoms with Crippen LogP contribution in [0.15, 0.2) is 24.3 Å². The van der Waals surface area contributed by atoms with E-state index in [-0.39, 0.29) is 17.9 Å². The third-order valence-corrected chi connectivity index (χ3v) is 3.60. The van der Waals surface area contributed by atoms with E-state index in [0.717, 1.165) is 19.3 Å². The van der Waals surface area contributed by atoms with Gasteiger partial charge in [-0.2, -0.15) is 0 Å². The summed E-state index contributed by atoms with van der Waals surface area (Å²) in [6.07, 6.45) is 3.16. The van der Waals surface area contributed by atoms with Gasteiger partial charge in [-0.25, -0.2) is 9.18 Å². The Labute approximate surface area is 118 Å². The minimum absolute atomic E-state index is 0.0733. The van der Waals surface area contributed by atoms with E-state index in [9.17, 15) is 14.3 Å². The lowest BCUT2D eigenvalue weighted by atomic mass is 9.97. The van der Waals surface area contributed by atoms with Crippen molar-refractivity contribution in [3.63, 3.8) is 0 Å². The van der Waals surface area contributed by atoms with E-state index in [1.807, 2.05) is 0 Å². The number of nitrogens with one attached hydrogen (secondary N) is 1. The van der Waals surface area contributed by atoms with Crippen molar-refractivity contribution in [2.75, 3.05) is 11.9 Å². The summed E-state index contributed by atoms with van der Waals surface area (Å²) in [4.78, 5) is 14.1. The number of anilines is 1. The molecule has 1 heterocycles. The molecule has 2 atom stereocenters. The SMILES string of the molecule is CC(O)CC1CCCCN1C(=O)Nc1ccc(F)cc1. The molecule has 2 unspecified atom stereocenters. The standard InChI is InChI=1S/C15H21FN2O2/c1-11(19)10-14-4-2-3-9-18(14)15(20)17-13-7-5-12(16)6-8-13/h5-8,11,14,19H,2-4,9-10H2,1H3,(H,17,20). The summed E-state index contributed by atoms with van der Waals surface area (Å²) in [5.74, 6) is -0.326. The van der Waals surface area contributed by atoms with Crippen molar-refractivity contribution in [3.05, 3.63) is 30.1 Å². The Morgan fingerprint density at radius 3 is 2.80 bits per heavy atom. The van der Waals surface area contributed by atoms with Gasteiger partial charge in [0, 0.05) is 18.3 Å². The van der Waals surface area contributed by atoms with Gasteiger partial charge in [0.25, 0.3) is 0 Å². The number of nitrogens with zero attached hydrogens (tertiary/aromatic N) is 1. The molecule has 1 aliphatic rings. The highest BCUT2D eigenvalue weighted by Gasteiger charge is 2.27. The van der Waals surface area contributed by atoms with Crippen molar-refractivity contribution in [1.82, 2.24) is 4.90 Å². The van der Waals surface area contributed by atoms with Crippen LogP contribution in [0.1, 0.15) is 32.6 Å². The van der Waals surface area contributed by atoms with Gasteiger partial charge in [0.05, 0.1) is 6.10 Å². The van der Waals surface area contributed by atoms with Crippen molar-refractivity contribution in [2.45, 2.75) is 44.8 Å². The number of aliphatic hydroxyl groups excluding tert-OH is 1. The van der Waals surface area contributed by atoms with Crippen molar-refractivity contribution < 1.29 is 14.3 Å². The molecule has 1 saturated heterocycles. The third kappa shape index (κ3) is 3.93. The summed E-state index contributed by atoms with van der Waals surface area (Å²) in [5.41, 5.74) is 0.581. The summed E-state index contributed by atoms with van der Waals surface area (Å²) in [7, 11) is 0. The second-order valence-corrected chi connectivity index (χ2v) is 5.36. The van der Waals surface area contributed by atoms with Crippen LogP contribution < -0.4 is 5.32 Å². The molecule has 0 spiro atoms. The Kier molecular flexibility index (Phi) is 4.95. The van der Waals surface area contributed by atoms with E-state index in [4.69, 9.17) is 0 Å². The molecule has 0 bridgehead atoms. The zero-order valence-electron chi connectivity index (χ0n) is 11.7. The number of carbonyl (C=O) groups excluding carboxylic acids is 1. The van der Waals surface area contributed by atoms with Crippen LogP contribution in [0.25, 0.3) is 0 Å². The van der Waals surface area contributed by atoms with Crippen LogP contribution in [0, 0.1) is 5.82 Å². The van der Waals surface area contributed by atoms with E-state index in [0.29, 0.717) is 18.7 Å². The summed E-state index contributed by atoms with van der Waals surface area (Å²) >= 11 is 0. The number of hydrogen-bond donors (Lipinski definition) is 2. The molecular formula is C15H21FN2O2. The highest BCUT2D eigenvalue weighted by Crippen LogP contribution is 2.22. The maximum Gasteiger partial charge on any atom is 0.322 e. The first-order chi connectivity index (χ1) is 9.56. The Balaban J connectivity index is 2.00. The lowest BCUT2D eigenvalue weighted by Gasteiger charge is -2.36. The van der Waals surface area contributed by atoms with Crippen LogP contribution in [0.2, 0.25) is 0 Å². The van der Waals surface area contributed by atoms with Gasteiger partial charge in [0.2, 0.25) is 0 Å². The van der Waals surface area contributed by atoms with E-state index in [1.54, 1.807) is 24.0 Å². The van der Waals surface area contributed by atoms with Crippen LogP contribution in [-0.2, 0) is 0 Å². The molecule has 110 valence electrons. The monoisotopic (exact) mass is 280 g/mol. The number of amides is 2. The molecule has 0 saturated carbocycles. The van der Waals surface area contributed by atoms with Crippen molar-refractivity contribution in [3.8, 4) is 0 Å². The second-order valence-electron chi connectivity index (χ2n) is 5.36. The number of benzene rings is 1. The Morgan fingerprint density at radius 2 is 2.15 bits per heavy atom. The fourth-order valence-corrected chi connectivity index (χ4v) is 2.64. The minimum atomic E-state index is -0.417. The average molecular weight is 280 g/mol. The van der Waals surface area contributed by atoms with Gasteiger partial charge in [0.15, 0.2) is 0 Å². The largest absolute Gasteiger partial charge is 0.393 e. The first kappa shape index (κ1) is 14.8. The molecule has 2 amide bonds. The van der Waals surface area contributed by atoms with Crippen LogP contribution in [0.5, 0.6) is 0 Å². The van der Waals surface area contributed by atoms with Gasteiger partial charge in [-0.1, -0.05) is 0 Å². The number of hydrogen-bond acceptors (Lipinski definition) is 2. The van der Waals surface area contributed by atoms with Crippen molar-refractivity contribution in [2.24, 2.45) is 0 Å². The lowest BCUT2D eigenvalue weighted by molar-refractivity contribution is 0.108. The molecule has 0 aliphatic carbocycles. The van der Waals surface area contributed by atoms with Gasteiger partial charge in [-0.3, -0.25) is 0 Å². The number of likely N-dealkylation sites (tertiary alicyclic amines) is 1. The molecule has 1 aromatic rings. The Morgan fingerprint density at radius 1 is 1.45 bits per heavy atom. The van der Waals surface area contributed by atoms with E-state index < -0.39 is 6.10 Å². The fourth-order valence-electron chi connectivity index (χ4n) is 2.64. The maximum absolute atomic E-state index is 12.8. The molecule has 2 N–H and O–H groups in total. The number of halogens is 1. The highest BCUT2D eigenvalue weighted by atomic mass is 19.1. The molecule has 5 heteroatoms. The summed E-state index contributed by atoms with van der Waals surface area (Å²) in [6.45, 7) is 2.44. The molecule has 20 heavy (non-hydrogen) atoms. The maximum atomic E-state index is 12.8. The van der Waals surface area contributed by atoms with E-state index in [2.05, 4.69) is 5.32 Å². The molecule has 1 aromatic carbocycles. The van der Waals surface area contributed by atoms with Crippen LogP contribution in [0.3, 0.4) is 0 Å². The number of carbonyl (C=O) groups is 1. The van der Waals surface area contributed by atoms with Gasteiger partial charge >= 0.3 is 6.03 Å². The molecule has 1 aliphatic heterocycles. The second kappa shape index (κ2) is 6.70. The zero-order chi connectivity index (χ0) is 14.5. The number of rotatable bonds is 3. The fraction of sp³-hybridized carbons (Fsp3) is 0.533. The summed E-state index contributed by atoms with van der Waals surface area (Å²) < 4.78 is 12.8. The number of piperidine rings is 1. The molecule has 0 radical (unpaired) electrons. The molecule has 2 rings (SSSR count). The number of aliphatic hydroxyl groups is 1. The van der Waals surface area contributed by atoms with Crippen LogP contribution >= 0.6 is 0 Å². The molecular weight excluding hydrogens is 259 g/mol. The van der Waals surface area contributed by atoms with Gasteiger partial charge in [-0.15, -0.1) is 0 Å². The van der Waals surface area contributed by atoms with Crippen LogP contribution in [0.4, 0.5) is 14.9 Å². The first-order valence-electron chi connectivity index (χ1n) is 7.07. The zero-order valence-corrected chi connectivity index (χ0v) is 11.7. The molecule has 4 nitrogen and oxygen atoms in total. The Bertz CT molecular complexity index is 448.